The average molecular weight is 478 g/mol. The molecule has 0 bridgehead atoms. The normalized spacial score (nSPS) is 11.2. The molecule has 0 aliphatic rings. The largest absolute Gasteiger partial charge is 0.484 e. The van der Waals surface area contributed by atoms with E-state index in [4.69, 9.17) is 4.74 Å². The van der Waals surface area contributed by atoms with Crippen LogP contribution in [0, 0.1) is 0 Å². The molecule has 0 saturated heterocycles. The SMILES string of the molecule is CCc1ccc(OCC(=O)Nc2ccccc2SCc2cc(=O)n3c(ncn3C(C)C)n2)cc1. The Morgan fingerprint density at radius 2 is 1.91 bits per heavy atom. The molecule has 0 fully saturated rings. The number of para-hydroxylation sites is 1. The fraction of sp³-hybridized carbons (Fsp3) is 0.280. The van der Waals surface area contributed by atoms with E-state index in [1.165, 1.54) is 27.9 Å². The Bertz CT molecular complexity index is 1340. The lowest BCUT2D eigenvalue weighted by Gasteiger charge is -2.12. The number of nitrogens with zero attached hydrogens (tertiary/aromatic N) is 4. The summed E-state index contributed by atoms with van der Waals surface area (Å²) in [6, 6.07) is 16.9. The highest BCUT2D eigenvalue weighted by atomic mass is 32.2. The summed E-state index contributed by atoms with van der Waals surface area (Å²) in [6.07, 6.45) is 2.57. The standard InChI is InChI=1S/C25H27N5O3S/c1-4-18-9-11-20(12-10-18)33-14-23(31)28-21-7-5-6-8-22(21)34-15-19-13-24(32)30-25(27-19)26-16-29(30)17(2)3/h5-13,16-17H,4,14-15H2,1-3H3,(H,28,31). The molecule has 4 rings (SSSR count). The van der Waals surface area contributed by atoms with Crippen LogP contribution in [0.1, 0.15) is 38.1 Å². The lowest BCUT2D eigenvalue weighted by Crippen LogP contribution is -2.22. The number of carbonyl (C=O) groups is 1. The molecule has 2 aromatic carbocycles. The van der Waals surface area contributed by atoms with E-state index >= 15 is 0 Å². The second kappa shape index (κ2) is 10.6. The lowest BCUT2D eigenvalue weighted by molar-refractivity contribution is -0.118. The summed E-state index contributed by atoms with van der Waals surface area (Å²) in [4.78, 5) is 34.7. The van der Waals surface area contributed by atoms with Crippen molar-refractivity contribution in [3.8, 4) is 5.75 Å². The Morgan fingerprint density at radius 3 is 2.65 bits per heavy atom. The van der Waals surface area contributed by atoms with Crippen LogP contribution in [0.3, 0.4) is 0 Å². The van der Waals surface area contributed by atoms with Crippen molar-refractivity contribution in [2.75, 3.05) is 11.9 Å². The van der Waals surface area contributed by atoms with Crippen LogP contribution in [-0.4, -0.2) is 31.7 Å². The number of aryl methyl sites for hydroxylation is 1. The number of fused-ring (bicyclic) bond motifs is 1. The molecule has 8 nitrogen and oxygen atoms in total. The van der Waals surface area contributed by atoms with Gasteiger partial charge in [0.25, 0.3) is 17.2 Å². The van der Waals surface area contributed by atoms with Crippen LogP contribution < -0.4 is 15.6 Å². The van der Waals surface area contributed by atoms with Crippen molar-refractivity contribution < 1.29 is 9.53 Å². The van der Waals surface area contributed by atoms with Crippen molar-refractivity contribution in [1.82, 2.24) is 19.2 Å². The number of amides is 1. The smallest absolute Gasteiger partial charge is 0.274 e. The van der Waals surface area contributed by atoms with Gasteiger partial charge in [-0.15, -0.1) is 11.8 Å². The fourth-order valence-corrected chi connectivity index (χ4v) is 4.32. The van der Waals surface area contributed by atoms with Gasteiger partial charge in [-0.2, -0.15) is 9.50 Å². The van der Waals surface area contributed by atoms with E-state index in [2.05, 4.69) is 22.2 Å². The summed E-state index contributed by atoms with van der Waals surface area (Å²) in [5.41, 5.74) is 2.36. The van der Waals surface area contributed by atoms with E-state index in [9.17, 15) is 9.59 Å². The molecule has 4 aromatic rings. The van der Waals surface area contributed by atoms with E-state index < -0.39 is 0 Å². The van der Waals surface area contributed by atoms with Gasteiger partial charge in [0.2, 0.25) is 0 Å². The summed E-state index contributed by atoms with van der Waals surface area (Å²) >= 11 is 1.49. The molecule has 0 unspecified atom stereocenters. The summed E-state index contributed by atoms with van der Waals surface area (Å²) in [6.45, 7) is 5.97. The quantitative estimate of drug-likeness (QED) is 0.361. The third kappa shape index (κ3) is 5.48. The van der Waals surface area contributed by atoms with Gasteiger partial charge in [-0.05, 0) is 50.1 Å². The van der Waals surface area contributed by atoms with Crippen molar-refractivity contribution in [1.29, 1.82) is 0 Å². The average Bonchev–Trinajstić information content (AvgIpc) is 3.28. The maximum atomic E-state index is 12.6. The van der Waals surface area contributed by atoms with Gasteiger partial charge in [0, 0.05) is 22.8 Å². The molecule has 0 spiro atoms. The van der Waals surface area contributed by atoms with Gasteiger partial charge in [-0.1, -0.05) is 31.2 Å². The van der Waals surface area contributed by atoms with Gasteiger partial charge in [-0.25, -0.2) is 4.98 Å². The van der Waals surface area contributed by atoms with Crippen LogP contribution in [0.25, 0.3) is 5.78 Å². The van der Waals surface area contributed by atoms with Crippen LogP contribution >= 0.6 is 11.8 Å². The minimum absolute atomic E-state index is 0.0853. The zero-order valence-corrected chi connectivity index (χ0v) is 20.2. The van der Waals surface area contributed by atoms with Gasteiger partial charge in [-0.3, -0.25) is 14.3 Å². The van der Waals surface area contributed by atoms with Gasteiger partial charge in [0.15, 0.2) is 6.61 Å². The van der Waals surface area contributed by atoms with Crippen molar-refractivity contribution in [3.63, 3.8) is 0 Å². The molecule has 176 valence electrons. The molecule has 0 atom stereocenters. The first-order valence-electron chi connectivity index (χ1n) is 11.1. The number of anilines is 1. The zero-order valence-electron chi connectivity index (χ0n) is 19.4. The summed E-state index contributed by atoms with van der Waals surface area (Å²) in [7, 11) is 0. The second-order valence-corrected chi connectivity index (χ2v) is 9.05. The Labute approximate surface area is 202 Å². The number of aromatic nitrogens is 4. The Kier molecular flexibility index (Phi) is 7.32. The minimum atomic E-state index is -0.246. The van der Waals surface area contributed by atoms with Crippen molar-refractivity contribution in [2.24, 2.45) is 0 Å². The number of hydrogen-bond donors (Lipinski definition) is 1. The van der Waals surface area contributed by atoms with Crippen molar-refractivity contribution in [2.45, 2.75) is 43.9 Å². The van der Waals surface area contributed by atoms with Crippen LogP contribution in [-0.2, 0) is 17.0 Å². The first-order valence-corrected chi connectivity index (χ1v) is 12.1. The molecule has 9 heteroatoms. The maximum Gasteiger partial charge on any atom is 0.274 e. The third-order valence-electron chi connectivity index (χ3n) is 5.22. The van der Waals surface area contributed by atoms with Crippen LogP contribution in [0.15, 0.2) is 70.6 Å². The van der Waals surface area contributed by atoms with Gasteiger partial charge >= 0.3 is 0 Å². The highest BCUT2D eigenvalue weighted by Crippen LogP contribution is 2.29. The van der Waals surface area contributed by atoms with Crippen molar-refractivity contribution >= 4 is 29.1 Å². The van der Waals surface area contributed by atoms with E-state index in [0.717, 1.165) is 11.3 Å². The molecule has 1 N–H and O–H groups in total. The van der Waals surface area contributed by atoms with Gasteiger partial charge < -0.3 is 10.1 Å². The molecule has 0 aliphatic heterocycles. The van der Waals surface area contributed by atoms with Gasteiger partial charge in [0.1, 0.15) is 12.1 Å². The fourth-order valence-electron chi connectivity index (χ4n) is 3.42. The van der Waals surface area contributed by atoms with E-state index in [0.29, 0.717) is 28.7 Å². The molecule has 1 amide bonds. The van der Waals surface area contributed by atoms with Crippen molar-refractivity contribution in [3.05, 3.63) is 82.5 Å². The number of benzene rings is 2. The topological polar surface area (TPSA) is 90.5 Å². The van der Waals surface area contributed by atoms with Crippen LogP contribution in [0.4, 0.5) is 5.69 Å². The van der Waals surface area contributed by atoms with E-state index in [-0.39, 0.29) is 24.1 Å². The molecule has 34 heavy (non-hydrogen) atoms. The molecular weight excluding hydrogens is 450 g/mol. The van der Waals surface area contributed by atoms with E-state index in [1.54, 1.807) is 11.0 Å². The number of thioether (sulfide) groups is 1. The number of nitrogens with one attached hydrogen (secondary N) is 1. The predicted molar refractivity (Wildman–Crippen MR) is 134 cm³/mol. The minimum Gasteiger partial charge on any atom is -0.484 e. The monoisotopic (exact) mass is 477 g/mol. The highest BCUT2D eigenvalue weighted by molar-refractivity contribution is 7.98. The maximum absolute atomic E-state index is 12.6. The summed E-state index contributed by atoms with van der Waals surface area (Å²) < 4.78 is 8.84. The Morgan fingerprint density at radius 1 is 1.15 bits per heavy atom. The number of ether oxygens (including phenoxy) is 1. The van der Waals surface area contributed by atoms with Crippen LogP contribution in [0.2, 0.25) is 0 Å². The lowest BCUT2D eigenvalue weighted by atomic mass is 10.2. The molecule has 2 heterocycles. The second-order valence-electron chi connectivity index (χ2n) is 8.04. The molecule has 0 aliphatic carbocycles. The molecule has 0 radical (unpaired) electrons. The number of hydrogen-bond acceptors (Lipinski definition) is 6. The number of carbonyl (C=O) groups excluding carboxylic acids is 1. The number of rotatable bonds is 9. The van der Waals surface area contributed by atoms with Crippen LogP contribution in [0.5, 0.6) is 5.75 Å². The third-order valence-corrected chi connectivity index (χ3v) is 6.33. The van der Waals surface area contributed by atoms with Gasteiger partial charge in [0.05, 0.1) is 11.4 Å². The summed E-state index contributed by atoms with van der Waals surface area (Å²) in [5, 5.41) is 2.91. The molecular formula is C25H27N5O3S. The first kappa shape index (κ1) is 23.6. The van der Waals surface area contributed by atoms with E-state index in [1.807, 2.05) is 62.4 Å². The Balaban J connectivity index is 1.40. The first-order chi connectivity index (χ1) is 16.4. The predicted octanol–water partition coefficient (Wildman–Crippen LogP) is 4.34. The Hall–Kier alpha value is -3.59. The molecule has 0 saturated carbocycles. The summed E-state index contributed by atoms with van der Waals surface area (Å²) in [5.74, 6) is 1.25. The highest BCUT2D eigenvalue weighted by Gasteiger charge is 2.12. The zero-order chi connectivity index (χ0) is 24.1. The molecule has 2 aromatic heterocycles.